The molecule has 0 aliphatic carbocycles. The molecule has 0 aromatic heterocycles. The number of halogens is 35. The highest BCUT2D eigenvalue weighted by molar-refractivity contribution is 4.95. The van der Waals surface area contributed by atoms with Gasteiger partial charge in [-0.25, -0.2) is 39.5 Å². The van der Waals surface area contributed by atoms with Gasteiger partial charge in [-0.1, -0.05) is 48.5 Å². The van der Waals surface area contributed by atoms with Gasteiger partial charge in [-0.05, 0) is 102 Å². The first-order chi connectivity index (χ1) is 32.0. The normalized spacial score (nSPS) is 14.0. The summed E-state index contributed by atoms with van der Waals surface area (Å²) in [6.45, 7) is 22.4. The molecular weight excluding hydrogens is 1170 g/mol. The third-order valence-electron chi connectivity index (χ3n) is 7.98. The minimum Gasteiger partial charge on any atom is -0.245 e. The molecule has 0 saturated carbocycles. The van der Waals surface area contributed by atoms with Gasteiger partial charge in [0, 0.05) is 19.3 Å². The molecule has 0 heterocycles. The Morgan fingerprint density at radius 1 is 0.312 bits per heavy atom. The highest BCUT2D eigenvalue weighted by atomic mass is 19.5. The van der Waals surface area contributed by atoms with Crippen LogP contribution < -0.4 is 0 Å². The predicted molar refractivity (Wildman–Crippen MR) is 220 cm³/mol. The second-order valence-electron chi connectivity index (χ2n) is 18.5. The second kappa shape index (κ2) is 34.7. The Hall–Kier alpha value is -2.45. The monoisotopic (exact) mass is 1240 g/mol. The lowest BCUT2D eigenvalue weighted by molar-refractivity contribution is -0.420. The lowest BCUT2D eigenvalue weighted by Gasteiger charge is -2.35. The predicted octanol–water partition coefficient (Wildman–Crippen LogP) is 23.2. The fourth-order valence-electron chi connectivity index (χ4n) is 0.893. The van der Waals surface area contributed by atoms with E-state index >= 15 is 0 Å². The highest BCUT2D eigenvalue weighted by Gasteiger charge is 2.80. The topological polar surface area (TPSA) is 0 Å². The van der Waals surface area contributed by atoms with Crippen molar-refractivity contribution in [3.05, 3.63) is 0 Å². The van der Waals surface area contributed by atoms with Crippen LogP contribution in [0.4, 0.5) is 154 Å². The third kappa shape index (κ3) is 61.0. The summed E-state index contributed by atoms with van der Waals surface area (Å²) in [6.07, 6.45) is -47.3. The molecule has 0 amide bonds. The first kappa shape index (κ1) is 96.8. The Morgan fingerprint density at radius 3 is 0.455 bits per heavy atom. The van der Waals surface area contributed by atoms with Gasteiger partial charge in [0.1, 0.15) is 17.0 Å². The quantitative estimate of drug-likeness (QED) is 0.246. The van der Waals surface area contributed by atoms with Crippen molar-refractivity contribution in [3.63, 3.8) is 0 Å². The van der Waals surface area contributed by atoms with Gasteiger partial charge >= 0.3 is 55.3 Å². The molecule has 0 spiro atoms. The van der Waals surface area contributed by atoms with Crippen LogP contribution in [-0.2, 0) is 0 Å². The summed E-state index contributed by atoms with van der Waals surface area (Å²) in [7, 11) is 0. The Morgan fingerprint density at radius 2 is 0.455 bits per heavy atom. The minimum absolute atomic E-state index is 0.132. The summed E-state index contributed by atoms with van der Waals surface area (Å²) in [5, 5.41) is 0. The standard InChI is InChI=1S/2C6H13F.C5H3F9.C5H10F2.C4H3F7.C4H9F.C3H3F5.C3H4F4.C3H5F3.C3H6F2/c1-5(2)6(3,4)7;1-4-6(3,7)5-2;1-2(3(6,7)8,4(9,10)11)5(12,13)14;1-4(2)5(3,6)7;1-2(5,3(6,7)8)4(9,10)11;1-4(2,3)5;1-2(4,5)3(6,7)8;1-2(4)3(5,6)7;1-2-3(4,5)6;1-3(2,4)5/h5H,1-4H3;4-5H2,1-3H3;1H3;4H,1-3H3;1H3;1-3H3;1H3;2H,1H3;2H2,1H3;1-2H3. The van der Waals surface area contributed by atoms with Crippen LogP contribution in [0.1, 0.15) is 158 Å². The van der Waals surface area contributed by atoms with E-state index in [2.05, 4.69) is 0 Å². The van der Waals surface area contributed by atoms with Crippen LogP contribution in [0.25, 0.3) is 0 Å². The number of hydrogen-bond donors (Lipinski definition) is 0. The van der Waals surface area contributed by atoms with E-state index in [-0.39, 0.29) is 12.8 Å². The summed E-state index contributed by atoms with van der Waals surface area (Å²) in [5.74, 6) is -9.97. The van der Waals surface area contributed by atoms with Gasteiger partial charge in [0.05, 0.1) is 0 Å². The molecule has 0 aliphatic heterocycles. The zero-order valence-corrected chi connectivity index (χ0v) is 45.1. The number of rotatable bonds is 4. The maximum atomic E-state index is 12.5. The molecule has 1 atom stereocenters. The molecule has 0 fully saturated rings. The average Bonchev–Trinajstić information content (AvgIpc) is 3.07. The lowest BCUT2D eigenvalue weighted by atomic mass is 9.88. The van der Waals surface area contributed by atoms with E-state index in [1.165, 1.54) is 34.6 Å². The summed E-state index contributed by atoms with van der Waals surface area (Å²) in [4.78, 5) is 0. The molecule has 0 radical (unpaired) electrons. The van der Waals surface area contributed by atoms with Crippen molar-refractivity contribution in [3.8, 4) is 0 Å². The van der Waals surface area contributed by atoms with Crippen LogP contribution in [-0.4, -0.2) is 96.0 Å². The van der Waals surface area contributed by atoms with Gasteiger partial charge in [0.15, 0.2) is 6.17 Å². The minimum atomic E-state index is -6.43. The molecule has 1 unspecified atom stereocenters. The fourth-order valence-corrected chi connectivity index (χ4v) is 0.893. The molecule has 0 aliphatic rings. The van der Waals surface area contributed by atoms with Crippen molar-refractivity contribution in [2.24, 2.45) is 17.3 Å². The zero-order valence-electron chi connectivity index (χ0n) is 45.1. The van der Waals surface area contributed by atoms with E-state index in [1.807, 2.05) is 27.7 Å². The molecule has 0 aromatic carbocycles. The molecule has 0 nitrogen and oxygen atoms in total. The van der Waals surface area contributed by atoms with Gasteiger partial charge in [-0.2, -0.15) is 114 Å². The Kier molecular flexibility index (Phi) is 43.7. The molecule has 35 heteroatoms. The van der Waals surface area contributed by atoms with Gasteiger partial charge in [-0.15, -0.1) is 0 Å². The molecule has 77 heavy (non-hydrogen) atoms. The third-order valence-corrected chi connectivity index (χ3v) is 7.98. The van der Waals surface area contributed by atoms with Crippen LogP contribution in [0.3, 0.4) is 0 Å². The van der Waals surface area contributed by atoms with E-state index in [9.17, 15) is 154 Å². The maximum Gasteiger partial charge on any atom is 0.452 e. The Balaban J connectivity index is -0.0000000824. The first-order valence-electron chi connectivity index (χ1n) is 21.1. The molecule has 0 saturated heterocycles. The van der Waals surface area contributed by atoms with Gasteiger partial charge in [-0.3, -0.25) is 0 Å². The van der Waals surface area contributed by atoms with E-state index in [0.717, 1.165) is 27.7 Å². The first-order valence-corrected chi connectivity index (χ1v) is 21.1. The summed E-state index contributed by atoms with van der Waals surface area (Å²) in [5.41, 5.74) is -13.7. The molecule has 0 N–H and O–H groups in total. The van der Waals surface area contributed by atoms with Crippen LogP contribution >= 0.6 is 0 Å². The average molecular weight is 1240 g/mol. The number of alkyl halides is 35. The lowest BCUT2D eigenvalue weighted by Crippen LogP contribution is -2.57. The van der Waals surface area contributed by atoms with Crippen LogP contribution in [0.15, 0.2) is 0 Å². The SMILES string of the molecule is CC(C(F)(F)F)(C(F)(F)F)C(F)(F)F.CC(C)(C)F.CC(C)(F)F.CC(C)C(C)(C)F.CC(C)C(C)(F)F.CC(F)(C(F)(F)F)C(F)(F)F.CC(F)(F)C(F)(F)F.CC(F)C(F)(F)F.CCC(C)(F)CC.CCC(F)(F)F. The maximum absolute atomic E-state index is 12.5. The second-order valence-corrected chi connectivity index (χ2v) is 18.5. The molecule has 0 bridgehead atoms. The van der Waals surface area contributed by atoms with Crippen LogP contribution in [0.5, 0.6) is 0 Å². The van der Waals surface area contributed by atoms with Crippen LogP contribution in [0.2, 0.25) is 0 Å². The summed E-state index contributed by atoms with van der Waals surface area (Å²) >= 11 is 0. The number of hydrogen-bond acceptors (Lipinski definition) is 0. The van der Waals surface area contributed by atoms with Crippen molar-refractivity contribution in [2.75, 3.05) is 0 Å². The largest absolute Gasteiger partial charge is 0.452 e. The summed E-state index contributed by atoms with van der Waals surface area (Å²) in [6, 6.07) is 0. The Bertz CT molecular complexity index is 1250. The van der Waals surface area contributed by atoms with Crippen LogP contribution in [0, 0.1) is 17.3 Å². The van der Waals surface area contributed by atoms with Gasteiger partial charge in [0.25, 0.3) is 11.1 Å². The molecule has 0 rings (SSSR count). The van der Waals surface area contributed by atoms with E-state index in [4.69, 9.17) is 0 Å². The van der Waals surface area contributed by atoms with E-state index < -0.39 is 128 Å². The van der Waals surface area contributed by atoms with Crippen molar-refractivity contribution in [1.82, 2.24) is 0 Å². The summed E-state index contributed by atoms with van der Waals surface area (Å²) < 4.78 is 397. The Labute approximate surface area is 425 Å². The molecular formula is C42H69F35. The van der Waals surface area contributed by atoms with Gasteiger partial charge in [0.2, 0.25) is 11.8 Å². The highest BCUT2D eigenvalue weighted by Crippen LogP contribution is 2.59. The van der Waals surface area contributed by atoms with Crippen molar-refractivity contribution in [1.29, 1.82) is 0 Å². The van der Waals surface area contributed by atoms with Crippen molar-refractivity contribution in [2.45, 2.75) is 254 Å². The molecule has 0 aromatic rings. The van der Waals surface area contributed by atoms with E-state index in [0.29, 0.717) is 19.8 Å². The fraction of sp³-hybridized carbons (Fsp3) is 1.00. The van der Waals surface area contributed by atoms with Gasteiger partial charge < -0.3 is 0 Å². The smallest absolute Gasteiger partial charge is 0.245 e. The molecule has 482 valence electrons. The van der Waals surface area contributed by atoms with Crippen molar-refractivity contribution >= 4 is 0 Å². The zero-order chi connectivity index (χ0) is 66.9. The van der Waals surface area contributed by atoms with Crippen molar-refractivity contribution < 1.29 is 154 Å². The van der Waals surface area contributed by atoms with E-state index in [1.54, 1.807) is 20.8 Å².